The summed E-state index contributed by atoms with van der Waals surface area (Å²) >= 11 is 0. The van der Waals surface area contributed by atoms with Crippen molar-refractivity contribution in [1.29, 1.82) is 0 Å². The lowest BCUT2D eigenvalue weighted by molar-refractivity contribution is -0.139. The van der Waals surface area contributed by atoms with E-state index in [0.717, 1.165) is 32.5 Å². The molecule has 2 rings (SSSR count). The Bertz CT molecular complexity index is 261. The summed E-state index contributed by atoms with van der Waals surface area (Å²) in [7, 11) is 0. The number of carbonyl (C=O) groups excluding carboxylic acids is 1. The van der Waals surface area contributed by atoms with E-state index in [1.165, 1.54) is 6.42 Å². The third kappa shape index (κ3) is 2.24. The summed E-state index contributed by atoms with van der Waals surface area (Å²) in [5, 5.41) is 3.37. The second-order valence-corrected chi connectivity index (χ2v) is 6.02. The van der Waals surface area contributed by atoms with Crippen LogP contribution in [0.1, 0.15) is 40.0 Å². The van der Waals surface area contributed by atoms with Gasteiger partial charge in [0.2, 0.25) is 5.91 Å². The van der Waals surface area contributed by atoms with Crippen molar-refractivity contribution in [3.63, 3.8) is 0 Å². The predicted molar refractivity (Wildman–Crippen MR) is 65.2 cm³/mol. The summed E-state index contributed by atoms with van der Waals surface area (Å²) in [6.07, 6.45) is 3.38. The van der Waals surface area contributed by atoms with Crippen molar-refractivity contribution in [2.24, 2.45) is 11.8 Å². The van der Waals surface area contributed by atoms with Crippen LogP contribution in [0.4, 0.5) is 0 Å². The number of rotatable bonds is 1. The molecule has 0 radical (unpaired) electrons. The monoisotopic (exact) mass is 224 g/mol. The first-order valence-corrected chi connectivity index (χ1v) is 6.55. The van der Waals surface area contributed by atoms with Gasteiger partial charge in [0.05, 0.1) is 5.54 Å². The third-order valence-electron chi connectivity index (χ3n) is 4.00. The summed E-state index contributed by atoms with van der Waals surface area (Å²) in [5.41, 5.74) is -0.281. The lowest BCUT2D eigenvalue weighted by Gasteiger charge is -2.39. The Morgan fingerprint density at radius 2 is 1.94 bits per heavy atom. The highest BCUT2D eigenvalue weighted by molar-refractivity contribution is 5.86. The average molecular weight is 224 g/mol. The van der Waals surface area contributed by atoms with E-state index in [2.05, 4.69) is 31.0 Å². The summed E-state index contributed by atoms with van der Waals surface area (Å²) in [5.74, 6) is 1.62. The van der Waals surface area contributed by atoms with Crippen molar-refractivity contribution in [2.75, 3.05) is 19.6 Å². The highest BCUT2D eigenvalue weighted by Crippen LogP contribution is 2.26. The van der Waals surface area contributed by atoms with Crippen LogP contribution in [0.3, 0.4) is 0 Å². The number of hydrogen-bond acceptors (Lipinski definition) is 2. The maximum atomic E-state index is 12.5. The van der Waals surface area contributed by atoms with Crippen LogP contribution in [-0.4, -0.2) is 36.0 Å². The minimum absolute atomic E-state index is 0.281. The number of nitrogens with zero attached hydrogens (tertiary/aromatic N) is 1. The van der Waals surface area contributed by atoms with Gasteiger partial charge < -0.3 is 10.2 Å². The quantitative estimate of drug-likeness (QED) is 0.734. The minimum atomic E-state index is -0.281. The largest absolute Gasteiger partial charge is 0.341 e. The van der Waals surface area contributed by atoms with E-state index in [0.29, 0.717) is 17.7 Å². The van der Waals surface area contributed by atoms with Gasteiger partial charge in [0.15, 0.2) is 0 Å². The van der Waals surface area contributed by atoms with E-state index in [-0.39, 0.29) is 5.54 Å². The Hall–Kier alpha value is -0.570. The molecule has 3 atom stereocenters. The van der Waals surface area contributed by atoms with E-state index in [9.17, 15) is 4.79 Å². The van der Waals surface area contributed by atoms with Crippen LogP contribution in [-0.2, 0) is 4.79 Å². The van der Waals surface area contributed by atoms with Crippen LogP contribution in [0.15, 0.2) is 0 Å². The van der Waals surface area contributed by atoms with Gasteiger partial charge in [-0.2, -0.15) is 0 Å². The second kappa shape index (κ2) is 4.36. The molecule has 3 unspecified atom stereocenters. The molecule has 0 aliphatic carbocycles. The Labute approximate surface area is 98.6 Å². The zero-order chi connectivity index (χ0) is 11.8. The van der Waals surface area contributed by atoms with Gasteiger partial charge >= 0.3 is 0 Å². The van der Waals surface area contributed by atoms with E-state index >= 15 is 0 Å². The van der Waals surface area contributed by atoms with Gasteiger partial charge in [-0.15, -0.1) is 0 Å². The molecule has 0 aromatic rings. The Kier molecular flexibility index (Phi) is 3.24. The minimum Gasteiger partial charge on any atom is -0.341 e. The fourth-order valence-electron chi connectivity index (χ4n) is 3.25. The summed E-state index contributed by atoms with van der Waals surface area (Å²) in [6, 6.07) is 0. The zero-order valence-corrected chi connectivity index (χ0v) is 10.8. The van der Waals surface area contributed by atoms with Gasteiger partial charge in [-0.1, -0.05) is 13.8 Å². The molecule has 92 valence electrons. The van der Waals surface area contributed by atoms with Crippen LogP contribution in [0.5, 0.6) is 0 Å². The number of piperidine rings is 1. The van der Waals surface area contributed by atoms with Crippen LogP contribution in [0, 0.1) is 11.8 Å². The maximum Gasteiger partial charge on any atom is 0.242 e. The van der Waals surface area contributed by atoms with Crippen LogP contribution in [0.2, 0.25) is 0 Å². The molecule has 1 amide bonds. The smallest absolute Gasteiger partial charge is 0.242 e. The van der Waals surface area contributed by atoms with E-state index in [1.54, 1.807) is 0 Å². The normalized spacial score (nSPS) is 40.1. The molecule has 2 saturated heterocycles. The van der Waals surface area contributed by atoms with E-state index in [4.69, 9.17) is 0 Å². The Morgan fingerprint density at radius 1 is 1.31 bits per heavy atom. The SMILES string of the molecule is CC1CC(C)CN(C(=O)C2(C)CCCN2)C1. The molecule has 3 nitrogen and oxygen atoms in total. The molecule has 3 heteroatoms. The Morgan fingerprint density at radius 3 is 2.44 bits per heavy atom. The molecule has 2 aliphatic rings. The van der Waals surface area contributed by atoms with E-state index < -0.39 is 0 Å². The standard InChI is InChI=1S/C13H24N2O/c1-10-7-11(2)9-15(8-10)12(16)13(3)5-4-6-14-13/h10-11,14H,4-9H2,1-3H3. The molecular formula is C13H24N2O. The van der Waals surface area contributed by atoms with Gasteiger partial charge in [0, 0.05) is 13.1 Å². The molecule has 1 N–H and O–H groups in total. The zero-order valence-electron chi connectivity index (χ0n) is 10.8. The lowest BCUT2D eigenvalue weighted by atomic mass is 9.89. The summed E-state index contributed by atoms with van der Waals surface area (Å²) < 4.78 is 0. The van der Waals surface area contributed by atoms with Gasteiger partial charge in [-0.25, -0.2) is 0 Å². The first-order valence-electron chi connectivity index (χ1n) is 6.55. The van der Waals surface area contributed by atoms with Crippen molar-refractivity contribution in [2.45, 2.75) is 45.6 Å². The molecule has 2 aliphatic heterocycles. The van der Waals surface area contributed by atoms with E-state index in [1.807, 2.05) is 0 Å². The summed E-state index contributed by atoms with van der Waals surface area (Å²) in [6.45, 7) is 9.44. The maximum absolute atomic E-state index is 12.5. The van der Waals surface area contributed by atoms with Crippen molar-refractivity contribution in [3.8, 4) is 0 Å². The van der Waals surface area contributed by atoms with Crippen molar-refractivity contribution >= 4 is 5.91 Å². The van der Waals surface area contributed by atoms with Crippen LogP contribution in [0.25, 0.3) is 0 Å². The first-order chi connectivity index (χ1) is 7.51. The number of nitrogens with one attached hydrogen (secondary N) is 1. The molecule has 2 fully saturated rings. The molecule has 0 spiro atoms. The van der Waals surface area contributed by atoms with Gasteiger partial charge in [-0.05, 0) is 44.6 Å². The number of likely N-dealkylation sites (tertiary alicyclic amines) is 1. The molecule has 0 bridgehead atoms. The highest BCUT2D eigenvalue weighted by Gasteiger charge is 2.40. The number of hydrogen-bond donors (Lipinski definition) is 1. The van der Waals surface area contributed by atoms with Crippen LogP contribution < -0.4 is 5.32 Å². The van der Waals surface area contributed by atoms with Crippen molar-refractivity contribution in [3.05, 3.63) is 0 Å². The second-order valence-electron chi connectivity index (χ2n) is 6.02. The van der Waals surface area contributed by atoms with Crippen molar-refractivity contribution < 1.29 is 4.79 Å². The Balaban J connectivity index is 2.03. The first kappa shape index (κ1) is 11.9. The van der Waals surface area contributed by atoms with Gasteiger partial charge in [0.1, 0.15) is 0 Å². The molecular weight excluding hydrogens is 200 g/mol. The summed E-state index contributed by atoms with van der Waals surface area (Å²) in [4.78, 5) is 14.6. The fourth-order valence-corrected chi connectivity index (χ4v) is 3.25. The molecule has 16 heavy (non-hydrogen) atoms. The number of carbonyl (C=O) groups is 1. The van der Waals surface area contributed by atoms with Gasteiger partial charge in [0.25, 0.3) is 0 Å². The topological polar surface area (TPSA) is 32.3 Å². The van der Waals surface area contributed by atoms with Crippen molar-refractivity contribution in [1.82, 2.24) is 10.2 Å². The average Bonchev–Trinajstić information content (AvgIpc) is 2.64. The molecule has 0 aromatic heterocycles. The molecule has 2 heterocycles. The number of amides is 1. The molecule has 0 aromatic carbocycles. The predicted octanol–water partition coefficient (Wildman–Crippen LogP) is 1.63. The highest BCUT2D eigenvalue weighted by atomic mass is 16.2. The third-order valence-corrected chi connectivity index (χ3v) is 4.00. The van der Waals surface area contributed by atoms with Crippen LogP contribution >= 0.6 is 0 Å². The lowest BCUT2D eigenvalue weighted by Crippen LogP contribution is -2.56. The van der Waals surface area contributed by atoms with Gasteiger partial charge in [-0.3, -0.25) is 4.79 Å². The fraction of sp³-hybridized carbons (Fsp3) is 0.923. The molecule has 0 saturated carbocycles.